The lowest BCUT2D eigenvalue weighted by Gasteiger charge is -2.64. The molecule has 0 unspecified atom stereocenters. The van der Waals surface area contributed by atoms with Gasteiger partial charge >= 0.3 is 11.9 Å². The van der Waals surface area contributed by atoms with Crippen LogP contribution in [0, 0.1) is 34.0 Å². The summed E-state index contributed by atoms with van der Waals surface area (Å²) in [6.45, 7) is 14.8. The molecule has 0 radical (unpaired) electrons. The van der Waals surface area contributed by atoms with Crippen LogP contribution in [0.5, 0.6) is 0 Å². The van der Waals surface area contributed by atoms with Crippen LogP contribution in [0.1, 0.15) is 99.8 Å². The van der Waals surface area contributed by atoms with E-state index in [0.717, 1.165) is 37.7 Å². The fourth-order valence-corrected chi connectivity index (χ4v) is 8.95. The molecule has 36 heavy (non-hydrogen) atoms. The number of allylic oxidation sites excluding steroid dienone is 4. The van der Waals surface area contributed by atoms with Crippen LogP contribution >= 0.6 is 0 Å². The Morgan fingerprint density at radius 1 is 1.14 bits per heavy atom. The molecule has 0 saturated heterocycles. The Labute approximate surface area is 217 Å². The quantitative estimate of drug-likeness (QED) is 0.253. The smallest absolute Gasteiger partial charge is 0.331 e. The first kappa shape index (κ1) is 27.2. The summed E-state index contributed by atoms with van der Waals surface area (Å²) in [5.41, 5.74) is 3.70. The molecule has 0 aromatic carbocycles. The number of hydrogen-bond donors (Lipinski definition) is 2. The van der Waals surface area contributed by atoms with Crippen LogP contribution in [-0.4, -0.2) is 34.4 Å². The van der Waals surface area contributed by atoms with Gasteiger partial charge in [0.15, 0.2) is 0 Å². The highest BCUT2D eigenvalue weighted by molar-refractivity contribution is 5.88. The zero-order valence-corrected chi connectivity index (χ0v) is 23.3. The molecule has 8 atom stereocenters. The van der Waals surface area contributed by atoms with Crippen LogP contribution in [0.4, 0.5) is 0 Å². The number of carboxylic acid groups (broad SMARTS) is 1. The molecule has 4 rings (SSSR count). The summed E-state index contributed by atoms with van der Waals surface area (Å²) in [6.07, 6.45) is 10.3. The maximum Gasteiger partial charge on any atom is 0.331 e. The molecular formula is C31H46O5. The summed E-state index contributed by atoms with van der Waals surface area (Å²) in [6, 6.07) is 0. The van der Waals surface area contributed by atoms with E-state index in [-0.39, 0.29) is 40.2 Å². The molecule has 2 N–H and O–H groups in total. The molecule has 5 nitrogen and oxygen atoms in total. The van der Waals surface area contributed by atoms with Crippen molar-refractivity contribution in [3.8, 4) is 0 Å². The molecule has 4 aliphatic carbocycles. The Morgan fingerprint density at radius 3 is 2.44 bits per heavy atom. The first-order valence-corrected chi connectivity index (χ1v) is 13.9. The molecule has 0 bridgehead atoms. The van der Waals surface area contributed by atoms with Crippen molar-refractivity contribution in [1.29, 1.82) is 0 Å². The van der Waals surface area contributed by atoms with Gasteiger partial charge in [0.2, 0.25) is 0 Å². The van der Waals surface area contributed by atoms with Gasteiger partial charge in [0.05, 0.1) is 6.10 Å². The minimum Gasteiger partial charge on any atom is -0.478 e. The predicted octanol–water partition coefficient (Wildman–Crippen LogP) is 6.62. The normalized spacial score (nSPS) is 42.9. The zero-order chi connectivity index (χ0) is 26.6. The van der Waals surface area contributed by atoms with Gasteiger partial charge in [0, 0.05) is 12.5 Å². The van der Waals surface area contributed by atoms with E-state index in [9.17, 15) is 19.8 Å². The number of aliphatic carboxylic acids is 1. The summed E-state index contributed by atoms with van der Waals surface area (Å²) in [5.74, 6) is -0.460. The van der Waals surface area contributed by atoms with Gasteiger partial charge in [-0.05, 0) is 105 Å². The van der Waals surface area contributed by atoms with Gasteiger partial charge in [-0.3, -0.25) is 4.79 Å². The van der Waals surface area contributed by atoms with E-state index in [1.54, 1.807) is 0 Å². The van der Waals surface area contributed by atoms with Gasteiger partial charge in [-0.1, -0.05) is 51.0 Å². The second kappa shape index (κ2) is 9.45. The van der Waals surface area contributed by atoms with Crippen LogP contribution in [-0.2, 0) is 14.3 Å². The van der Waals surface area contributed by atoms with E-state index in [1.165, 1.54) is 18.1 Å². The largest absolute Gasteiger partial charge is 0.478 e. The molecule has 3 saturated carbocycles. The molecule has 0 spiro atoms. The van der Waals surface area contributed by atoms with Gasteiger partial charge in [-0.15, -0.1) is 0 Å². The SMILES string of the molecule is CC(=O)O[C@H]1C[C@@]2(C)[C@@H](CC=C3[C@]2(C)CC[C@H]2[C@H](C)[C@H](O)CC[C@]32C)/C1=C(\CCC=C(C)C)C(=O)O. The van der Waals surface area contributed by atoms with Crippen molar-refractivity contribution < 1.29 is 24.5 Å². The molecule has 0 heterocycles. The van der Waals surface area contributed by atoms with E-state index in [4.69, 9.17) is 4.74 Å². The number of aliphatic hydroxyl groups is 1. The highest BCUT2D eigenvalue weighted by Crippen LogP contribution is 2.72. The summed E-state index contributed by atoms with van der Waals surface area (Å²) in [7, 11) is 0. The third-order valence-electron chi connectivity index (χ3n) is 11.0. The van der Waals surface area contributed by atoms with Crippen molar-refractivity contribution >= 4 is 11.9 Å². The molecule has 4 aliphatic rings. The van der Waals surface area contributed by atoms with E-state index >= 15 is 0 Å². The number of carbonyl (C=O) groups is 2. The lowest BCUT2D eigenvalue weighted by Crippen LogP contribution is -2.56. The fraction of sp³-hybridized carbons (Fsp3) is 0.742. The first-order valence-electron chi connectivity index (χ1n) is 13.9. The molecule has 0 aliphatic heterocycles. The summed E-state index contributed by atoms with van der Waals surface area (Å²) >= 11 is 0. The highest BCUT2D eigenvalue weighted by atomic mass is 16.5. The second-order valence-electron chi connectivity index (χ2n) is 13.0. The Hall–Kier alpha value is -1.88. The zero-order valence-electron chi connectivity index (χ0n) is 23.3. The van der Waals surface area contributed by atoms with Crippen molar-refractivity contribution in [3.63, 3.8) is 0 Å². The third-order valence-corrected chi connectivity index (χ3v) is 11.0. The number of carbonyl (C=O) groups excluding carboxylic acids is 1. The molecule has 3 fully saturated rings. The number of carboxylic acids is 1. The number of rotatable bonds is 5. The van der Waals surface area contributed by atoms with Gasteiger partial charge in [0.25, 0.3) is 0 Å². The van der Waals surface area contributed by atoms with Gasteiger partial charge in [0.1, 0.15) is 6.10 Å². The monoisotopic (exact) mass is 498 g/mol. The van der Waals surface area contributed by atoms with Gasteiger partial charge in [-0.2, -0.15) is 0 Å². The first-order chi connectivity index (χ1) is 16.8. The van der Waals surface area contributed by atoms with Crippen LogP contribution in [0.2, 0.25) is 0 Å². The van der Waals surface area contributed by atoms with Crippen LogP contribution in [0.15, 0.2) is 34.4 Å². The minimum absolute atomic E-state index is 0.0418. The van der Waals surface area contributed by atoms with E-state index in [0.29, 0.717) is 30.8 Å². The van der Waals surface area contributed by atoms with Crippen LogP contribution in [0.3, 0.4) is 0 Å². The van der Waals surface area contributed by atoms with Gasteiger partial charge < -0.3 is 14.9 Å². The molecule has 0 aromatic rings. The van der Waals surface area contributed by atoms with Gasteiger partial charge in [-0.25, -0.2) is 4.79 Å². The van der Waals surface area contributed by atoms with Crippen molar-refractivity contribution in [3.05, 3.63) is 34.4 Å². The number of fused-ring (bicyclic) bond motifs is 5. The van der Waals surface area contributed by atoms with Crippen LogP contribution < -0.4 is 0 Å². The minimum atomic E-state index is -0.890. The lowest BCUT2D eigenvalue weighted by molar-refractivity contribution is -0.145. The summed E-state index contributed by atoms with van der Waals surface area (Å²) in [4.78, 5) is 24.8. The average Bonchev–Trinajstić information content (AvgIpc) is 3.05. The highest BCUT2D eigenvalue weighted by Gasteiger charge is 2.66. The average molecular weight is 499 g/mol. The lowest BCUT2D eigenvalue weighted by atomic mass is 9.40. The van der Waals surface area contributed by atoms with E-state index in [2.05, 4.69) is 39.8 Å². The molecule has 0 aromatic heterocycles. The summed E-state index contributed by atoms with van der Waals surface area (Å²) in [5, 5.41) is 20.9. The van der Waals surface area contributed by atoms with Crippen molar-refractivity contribution in [2.24, 2.45) is 34.0 Å². The van der Waals surface area contributed by atoms with Crippen molar-refractivity contribution in [2.45, 2.75) is 112 Å². The predicted molar refractivity (Wildman–Crippen MR) is 141 cm³/mol. The number of hydrogen-bond acceptors (Lipinski definition) is 4. The second-order valence-corrected chi connectivity index (χ2v) is 13.0. The maximum absolute atomic E-state index is 12.6. The molecule has 5 heteroatoms. The Balaban J connectivity index is 1.82. The van der Waals surface area contributed by atoms with Crippen molar-refractivity contribution in [1.82, 2.24) is 0 Å². The molecule has 200 valence electrons. The number of esters is 1. The fourth-order valence-electron chi connectivity index (χ4n) is 8.95. The Kier molecular flexibility index (Phi) is 7.13. The third kappa shape index (κ3) is 4.10. The summed E-state index contributed by atoms with van der Waals surface area (Å²) < 4.78 is 5.90. The van der Waals surface area contributed by atoms with E-state index < -0.39 is 12.1 Å². The number of aliphatic hydroxyl groups excluding tert-OH is 1. The number of ether oxygens (including phenoxy) is 1. The molecular weight excluding hydrogens is 452 g/mol. The molecule has 0 amide bonds. The Bertz CT molecular complexity index is 1020. The van der Waals surface area contributed by atoms with E-state index in [1.807, 2.05) is 13.8 Å². The Morgan fingerprint density at radius 2 is 1.83 bits per heavy atom. The maximum atomic E-state index is 12.6. The van der Waals surface area contributed by atoms with Crippen molar-refractivity contribution in [2.75, 3.05) is 0 Å². The topological polar surface area (TPSA) is 83.8 Å². The standard InChI is InChI=1S/C31H46O5/c1-18(2)9-8-10-21(28(34)35)27-23-11-12-26-29(5)15-14-24(33)19(3)22(29)13-16-30(26,6)31(23,7)17-25(27)36-20(4)32/h9,12,19,22-25,33H,8,10-11,13-17H2,1-7H3,(H,34,35)/b27-21-/t19-,22-,23-,24+,25-,29-,30-,31-/m0/s1. The van der Waals surface area contributed by atoms with Crippen LogP contribution in [0.25, 0.3) is 0 Å².